The van der Waals surface area contributed by atoms with Gasteiger partial charge in [-0.25, -0.2) is 4.90 Å². The standard InChI is InChI=1S/C22H22N2O5S/c1-13(2)29-19-14(8-7-11-18(19)28-4)12-15-20(25)23-22(30)24(21(15)26)16-9-5-6-10-17(16)27-3/h5-13H,1-4H3,(H,23,25,30)/b15-12+. The van der Waals surface area contributed by atoms with Crippen LogP contribution in [-0.4, -0.2) is 37.3 Å². The fourth-order valence-electron chi connectivity index (χ4n) is 3.02. The number of benzene rings is 2. The second-order valence-corrected chi connectivity index (χ2v) is 7.06. The Bertz CT molecular complexity index is 1030. The van der Waals surface area contributed by atoms with Gasteiger partial charge in [-0.05, 0) is 50.3 Å². The number of nitrogens with zero attached hydrogens (tertiary/aromatic N) is 1. The van der Waals surface area contributed by atoms with Crippen molar-refractivity contribution in [2.24, 2.45) is 0 Å². The van der Waals surface area contributed by atoms with E-state index in [2.05, 4.69) is 5.32 Å². The maximum atomic E-state index is 13.3. The molecule has 7 nitrogen and oxygen atoms in total. The molecule has 0 aromatic heterocycles. The highest BCUT2D eigenvalue weighted by Gasteiger charge is 2.36. The molecular formula is C22H22N2O5S. The third kappa shape index (κ3) is 4.13. The predicted molar refractivity (Wildman–Crippen MR) is 118 cm³/mol. The van der Waals surface area contributed by atoms with Crippen molar-refractivity contribution in [3.63, 3.8) is 0 Å². The number of nitrogens with one attached hydrogen (secondary N) is 1. The molecule has 30 heavy (non-hydrogen) atoms. The number of carbonyl (C=O) groups excluding carboxylic acids is 2. The number of anilines is 1. The molecule has 3 rings (SSSR count). The summed E-state index contributed by atoms with van der Waals surface area (Å²) in [6, 6.07) is 12.2. The summed E-state index contributed by atoms with van der Waals surface area (Å²) in [7, 11) is 3.02. The molecule has 1 N–H and O–H groups in total. The van der Waals surface area contributed by atoms with Gasteiger partial charge >= 0.3 is 0 Å². The SMILES string of the molecule is COc1ccccc1N1C(=O)/C(=C/c2cccc(OC)c2OC(C)C)C(=O)NC1=S. The minimum atomic E-state index is -0.588. The van der Waals surface area contributed by atoms with Crippen LogP contribution in [0.15, 0.2) is 48.0 Å². The molecule has 1 aliphatic rings. The molecule has 0 saturated carbocycles. The largest absolute Gasteiger partial charge is 0.495 e. The van der Waals surface area contributed by atoms with E-state index >= 15 is 0 Å². The Labute approximate surface area is 180 Å². The second kappa shape index (κ2) is 8.96. The Kier molecular flexibility index (Phi) is 6.37. The highest BCUT2D eigenvalue weighted by Crippen LogP contribution is 2.35. The number of hydrogen-bond acceptors (Lipinski definition) is 6. The van der Waals surface area contributed by atoms with Crippen molar-refractivity contribution in [1.82, 2.24) is 5.32 Å². The first-order valence-corrected chi connectivity index (χ1v) is 9.66. The molecule has 0 radical (unpaired) electrons. The first-order chi connectivity index (χ1) is 14.4. The van der Waals surface area contributed by atoms with E-state index in [4.69, 9.17) is 26.4 Å². The van der Waals surface area contributed by atoms with Crippen LogP contribution < -0.4 is 24.4 Å². The fourth-order valence-corrected chi connectivity index (χ4v) is 3.29. The van der Waals surface area contributed by atoms with Crippen LogP contribution in [0.1, 0.15) is 19.4 Å². The number of thiocarbonyl (C=S) groups is 1. The second-order valence-electron chi connectivity index (χ2n) is 6.67. The van der Waals surface area contributed by atoms with Crippen molar-refractivity contribution in [1.29, 1.82) is 0 Å². The number of amides is 2. The van der Waals surface area contributed by atoms with E-state index in [1.54, 1.807) is 42.5 Å². The molecule has 0 spiro atoms. The molecule has 2 aromatic carbocycles. The van der Waals surface area contributed by atoms with Gasteiger partial charge in [0.15, 0.2) is 16.6 Å². The van der Waals surface area contributed by atoms with E-state index in [0.29, 0.717) is 28.5 Å². The zero-order chi connectivity index (χ0) is 21.8. The molecule has 2 amide bonds. The van der Waals surface area contributed by atoms with Crippen LogP contribution >= 0.6 is 12.2 Å². The van der Waals surface area contributed by atoms with Gasteiger partial charge in [0.25, 0.3) is 11.8 Å². The quantitative estimate of drug-likeness (QED) is 0.434. The summed E-state index contributed by atoms with van der Waals surface area (Å²) < 4.78 is 16.6. The van der Waals surface area contributed by atoms with Crippen LogP contribution in [-0.2, 0) is 9.59 Å². The van der Waals surface area contributed by atoms with Crippen molar-refractivity contribution >= 4 is 40.9 Å². The lowest BCUT2D eigenvalue weighted by Crippen LogP contribution is -2.54. The maximum Gasteiger partial charge on any atom is 0.270 e. The smallest absolute Gasteiger partial charge is 0.270 e. The lowest BCUT2D eigenvalue weighted by molar-refractivity contribution is -0.122. The summed E-state index contributed by atoms with van der Waals surface area (Å²) >= 11 is 5.26. The van der Waals surface area contributed by atoms with Crippen LogP contribution in [0, 0.1) is 0 Å². The number of hydrogen-bond donors (Lipinski definition) is 1. The maximum absolute atomic E-state index is 13.3. The lowest BCUT2D eigenvalue weighted by Gasteiger charge is -2.30. The van der Waals surface area contributed by atoms with Crippen LogP contribution in [0.25, 0.3) is 6.08 Å². The van der Waals surface area contributed by atoms with Gasteiger partial charge in [-0.2, -0.15) is 0 Å². The Hall–Kier alpha value is -3.39. The van der Waals surface area contributed by atoms with E-state index in [1.165, 1.54) is 25.2 Å². The highest BCUT2D eigenvalue weighted by molar-refractivity contribution is 7.80. The molecule has 0 atom stereocenters. The summed E-state index contributed by atoms with van der Waals surface area (Å²) in [6.45, 7) is 3.76. The minimum Gasteiger partial charge on any atom is -0.495 e. The van der Waals surface area contributed by atoms with E-state index < -0.39 is 11.8 Å². The van der Waals surface area contributed by atoms with E-state index in [1.807, 2.05) is 13.8 Å². The van der Waals surface area contributed by atoms with Crippen molar-refractivity contribution in [3.05, 3.63) is 53.6 Å². The van der Waals surface area contributed by atoms with Crippen LogP contribution in [0.3, 0.4) is 0 Å². The van der Waals surface area contributed by atoms with Gasteiger partial charge in [0.05, 0.1) is 26.0 Å². The fraction of sp³-hybridized carbons (Fsp3) is 0.227. The highest BCUT2D eigenvalue weighted by atomic mass is 32.1. The normalized spacial score (nSPS) is 15.4. The topological polar surface area (TPSA) is 77.1 Å². The van der Waals surface area contributed by atoms with Crippen molar-refractivity contribution in [3.8, 4) is 17.2 Å². The number of rotatable bonds is 6. The first kappa shape index (κ1) is 21.3. The molecule has 8 heteroatoms. The average Bonchev–Trinajstić information content (AvgIpc) is 2.71. The lowest BCUT2D eigenvalue weighted by atomic mass is 10.1. The number of methoxy groups -OCH3 is 2. The van der Waals surface area contributed by atoms with Crippen molar-refractivity contribution < 1.29 is 23.8 Å². The molecule has 1 aliphatic heterocycles. The summed E-state index contributed by atoms with van der Waals surface area (Å²) in [6.07, 6.45) is 1.34. The molecule has 156 valence electrons. The Morgan fingerprint density at radius 3 is 2.33 bits per heavy atom. The zero-order valence-corrected chi connectivity index (χ0v) is 17.9. The third-order valence-electron chi connectivity index (χ3n) is 4.31. The van der Waals surface area contributed by atoms with Gasteiger partial charge in [-0.3, -0.25) is 14.9 Å². The van der Waals surface area contributed by atoms with Gasteiger partial charge < -0.3 is 14.2 Å². The van der Waals surface area contributed by atoms with Gasteiger partial charge in [0.2, 0.25) is 0 Å². The Morgan fingerprint density at radius 1 is 1.00 bits per heavy atom. The minimum absolute atomic E-state index is 0.0176. The van der Waals surface area contributed by atoms with Crippen LogP contribution in [0.5, 0.6) is 17.2 Å². The molecule has 0 unspecified atom stereocenters. The van der Waals surface area contributed by atoms with Crippen LogP contribution in [0.2, 0.25) is 0 Å². The van der Waals surface area contributed by atoms with E-state index in [0.717, 1.165) is 0 Å². The molecule has 0 aliphatic carbocycles. The van der Waals surface area contributed by atoms with Crippen molar-refractivity contribution in [2.75, 3.05) is 19.1 Å². The van der Waals surface area contributed by atoms with E-state index in [-0.39, 0.29) is 16.8 Å². The molecule has 1 saturated heterocycles. The summed E-state index contributed by atoms with van der Waals surface area (Å²) in [5.74, 6) is 0.244. The predicted octanol–water partition coefficient (Wildman–Crippen LogP) is 3.32. The monoisotopic (exact) mass is 426 g/mol. The summed E-state index contributed by atoms with van der Waals surface area (Å²) in [5.41, 5.74) is 0.885. The van der Waals surface area contributed by atoms with Gasteiger partial charge in [-0.1, -0.05) is 24.3 Å². The van der Waals surface area contributed by atoms with Gasteiger partial charge in [0, 0.05) is 5.56 Å². The van der Waals surface area contributed by atoms with Crippen LogP contribution in [0.4, 0.5) is 5.69 Å². The third-order valence-corrected chi connectivity index (χ3v) is 4.60. The van der Waals surface area contributed by atoms with Crippen molar-refractivity contribution in [2.45, 2.75) is 20.0 Å². The van der Waals surface area contributed by atoms with Gasteiger partial charge in [0.1, 0.15) is 11.3 Å². The number of carbonyl (C=O) groups is 2. The molecular weight excluding hydrogens is 404 g/mol. The average molecular weight is 426 g/mol. The van der Waals surface area contributed by atoms with E-state index in [9.17, 15) is 9.59 Å². The molecule has 2 aromatic rings. The van der Waals surface area contributed by atoms with Gasteiger partial charge in [-0.15, -0.1) is 0 Å². The first-order valence-electron chi connectivity index (χ1n) is 9.25. The molecule has 1 heterocycles. The molecule has 1 fully saturated rings. The number of para-hydroxylation sites is 3. The number of ether oxygens (including phenoxy) is 3. The Morgan fingerprint density at radius 2 is 1.67 bits per heavy atom. The summed E-state index contributed by atoms with van der Waals surface area (Å²) in [4.78, 5) is 27.2. The zero-order valence-electron chi connectivity index (χ0n) is 17.1. The molecule has 0 bridgehead atoms. The summed E-state index contributed by atoms with van der Waals surface area (Å²) in [5, 5.41) is 2.55. The Balaban J connectivity index is 2.10.